The maximum absolute atomic E-state index is 8.82. The van der Waals surface area contributed by atoms with E-state index in [-0.39, 0.29) is 0 Å². The second-order valence-electron chi connectivity index (χ2n) is 4.00. The second-order valence-corrected chi connectivity index (χ2v) is 4.00. The van der Waals surface area contributed by atoms with E-state index in [1.807, 2.05) is 49.4 Å². The minimum atomic E-state index is 0.292. The fourth-order valence-corrected chi connectivity index (χ4v) is 1.48. The smallest absolute Gasteiger partial charge is 0.119 e. The molecule has 0 saturated carbocycles. The van der Waals surface area contributed by atoms with E-state index in [9.17, 15) is 0 Å². The molecule has 2 rings (SSSR count). The molecule has 20 heavy (non-hydrogen) atoms. The van der Waals surface area contributed by atoms with E-state index >= 15 is 0 Å². The van der Waals surface area contributed by atoms with Gasteiger partial charge in [-0.05, 0) is 42.3 Å². The summed E-state index contributed by atoms with van der Waals surface area (Å²) in [5, 5.41) is 8.82. The summed E-state index contributed by atoms with van der Waals surface area (Å²) >= 11 is 0. The Kier molecular flexibility index (Phi) is 6.69. The molecule has 2 nitrogen and oxygen atoms in total. The molecule has 0 saturated heterocycles. The molecule has 0 bridgehead atoms. The van der Waals surface area contributed by atoms with Gasteiger partial charge in [-0.2, -0.15) is 0 Å². The van der Waals surface area contributed by atoms with Gasteiger partial charge in [0, 0.05) is 0 Å². The number of hydrogen-bond acceptors (Lipinski definition) is 2. The van der Waals surface area contributed by atoms with Gasteiger partial charge in [0.05, 0.1) is 6.61 Å². The Bertz CT molecular complexity index is 524. The Morgan fingerprint density at radius 1 is 0.900 bits per heavy atom. The third-order valence-corrected chi connectivity index (χ3v) is 2.56. The fraction of sp³-hybridized carbons (Fsp3) is 0.111. The van der Waals surface area contributed by atoms with E-state index < -0.39 is 0 Å². The van der Waals surface area contributed by atoms with Gasteiger partial charge in [-0.1, -0.05) is 49.6 Å². The Hall–Kier alpha value is -2.48. The molecule has 0 spiro atoms. The summed E-state index contributed by atoms with van der Waals surface area (Å²) in [4.78, 5) is 0. The molecule has 0 heterocycles. The lowest BCUT2D eigenvalue weighted by Gasteiger charge is -2.01. The summed E-state index contributed by atoms with van der Waals surface area (Å²) in [6, 6.07) is 14.7. The van der Waals surface area contributed by atoms with Crippen LogP contribution in [0.2, 0.25) is 0 Å². The summed E-state index contributed by atoms with van der Waals surface area (Å²) in [5.41, 5.74) is 2.14. The highest BCUT2D eigenvalue weighted by Gasteiger charge is 1.89. The van der Waals surface area contributed by atoms with Crippen LogP contribution >= 0.6 is 0 Å². The summed E-state index contributed by atoms with van der Waals surface area (Å²) in [7, 11) is 0. The lowest BCUT2D eigenvalue weighted by atomic mass is 10.2. The zero-order valence-electron chi connectivity index (χ0n) is 11.8. The molecule has 0 radical (unpaired) electrons. The van der Waals surface area contributed by atoms with E-state index in [1.165, 1.54) is 0 Å². The molecule has 0 amide bonds. The van der Waals surface area contributed by atoms with Gasteiger partial charge in [0.1, 0.15) is 11.5 Å². The van der Waals surface area contributed by atoms with Crippen molar-refractivity contribution >= 4 is 12.2 Å². The normalized spacial score (nSPS) is 9.05. The molecule has 1 N–H and O–H groups in total. The van der Waals surface area contributed by atoms with Crippen LogP contribution in [0.15, 0.2) is 61.7 Å². The summed E-state index contributed by atoms with van der Waals surface area (Å²) in [6.07, 6.45) is 3.55. The fourth-order valence-electron chi connectivity index (χ4n) is 1.48. The van der Waals surface area contributed by atoms with Gasteiger partial charge in [-0.15, -0.1) is 0 Å². The van der Waals surface area contributed by atoms with Crippen molar-refractivity contribution in [3.8, 4) is 11.5 Å². The summed E-state index contributed by atoms with van der Waals surface area (Å²) < 4.78 is 5.27. The highest BCUT2D eigenvalue weighted by Crippen LogP contribution is 2.12. The van der Waals surface area contributed by atoms with Crippen LogP contribution in [-0.4, -0.2) is 11.7 Å². The number of ether oxygens (including phenoxy) is 1. The maximum Gasteiger partial charge on any atom is 0.119 e. The lowest BCUT2D eigenvalue weighted by Crippen LogP contribution is -1.90. The number of rotatable bonds is 4. The summed E-state index contributed by atoms with van der Waals surface area (Å²) in [6.45, 7) is 9.93. The minimum absolute atomic E-state index is 0.292. The largest absolute Gasteiger partial charge is 0.508 e. The second kappa shape index (κ2) is 8.59. The molecule has 2 heteroatoms. The van der Waals surface area contributed by atoms with Crippen molar-refractivity contribution in [2.24, 2.45) is 0 Å². The van der Waals surface area contributed by atoms with Gasteiger partial charge >= 0.3 is 0 Å². The Balaban J connectivity index is 0.000000204. The van der Waals surface area contributed by atoms with Crippen LogP contribution in [0, 0.1) is 0 Å². The molecule has 0 unspecified atom stereocenters. The molecule has 0 aliphatic carbocycles. The number of aromatic hydroxyl groups is 1. The van der Waals surface area contributed by atoms with E-state index in [0.29, 0.717) is 12.4 Å². The first-order valence-corrected chi connectivity index (χ1v) is 6.46. The first-order chi connectivity index (χ1) is 9.69. The molecule has 2 aromatic rings. The predicted molar refractivity (Wildman–Crippen MR) is 85.9 cm³/mol. The van der Waals surface area contributed by atoms with Crippen molar-refractivity contribution in [3.05, 3.63) is 72.8 Å². The van der Waals surface area contributed by atoms with Crippen molar-refractivity contribution in [1.29, 1.82) is 0 Å². The third kappa shape index (κ3) is 5.44. The number of benzene rings is 2. The van der Waals surface area contributed by atoms with E-state index in [0.717, 1.165) is 16.9 Å². The van der Waals surface area contributed by atoms with Gasteiger partial charge in [0.15, 0.2) is 0 Å². The standard InChI is InChI=1S/C10H12O.C8H8O/c1-3-9-5-7-10(8-6-9)11-4-2;1-2-7-3-5-8(9)6-4-7/h3,5-8H,1,4H2,2H3;2-6,9H,1H2. The van der Waals surface area contributed by atoms with Crippen LogP contribution in [0.1, 0.15) is 18.1 Å². The van der Waals surface area contributed by atoms with Crippen LogP contribution in [0.4, 0.5) is 0 Å². The van der Waals surface area contributed by atoms with Gasteiger partial charge in [0.25, 0.3) is 0 Å². The average molecular weight is 268 g/mol. The van der Waals surface area contributed by atoms with Crippen LogP contribution in [0.5, 0.6) is 11.5 Å². The van der Waals surface area contributed by atoms with E-state index in [2.05, 4.69) is 13.2 Å². The first kappa shape index (κ1) is 15.6. The zero-order chi connectivity index (χ0) is 14.8. The number of hydrogen-bond donors (Lipinski definition) is 1. The maximum atomic E-state index is 8.82. The van der Waals surface area contributed by atoms with Crippen molar-refractivity contribution < 1.29 is 9.84 Å². The van der Waals surface area contributed by atoms with Crippen molar-refractivity contribution in [2.45, 2.75) is 6.92 Å². The van der Waals surface area contributed by atoms with Crippen molar-refractivity contribution in [1.82, 2.24) is 0 Å². The summed E-state index contributed by atoms with van der Waals surface area (Å²) in [5.74, 6) is 1.21. The molecule has 0 aliphatic heterocycles. The lowest BCUT2D eigenvalue weighted by molar-refractivity contribution is 0.340. The van der Waals surface area contributed by atoms with Crippen LogP contribution in [0.3, 0.4) is 0 Å². The van der Waals surface area contributed by atoms with E-state index in [4.69, 9.17) is 9.84 Å². The van der Waals surface area contributed by atoms with Crippen molar-refractivity contribution in [2.75, 3.05) is 6.61 Å². The Labute approximate surface area is 120 Å². The predicted octanol–water partition coefficient (Wildman–Crippen LogP) is 4.76. The van der Waals surface area contributed by atoms with Gasteiger partial charge in [-0.3, -0.25) is 0 Å². The minimum Gasteiger partial charge on any atom is -0.508 e. The molecule has 0 atom stereocenters. The molecular formula is C18H20O2. The quantitative estimate of drug-likeness (QED) is 0.866. The van der Waals surface area contributed by atoms with Crippen LogP contribution < -0.4 is 4.74 Å². The topological polar surface area (TPSA) is 29.5 Å². The Morgan fingerprint density at radius 3 is 1.75 bits per heavy atom. The molecular weight excluding hydrogens is 248 g/mol. The first-order valence-electron chi connectivity index (χ1n) is 6.46. The highest BCUT2D eigenvalue weighted by molar-refractivity contribution is 5.48. The third-order valence-electron chi connectivity index (χ3n) is 2.56. The van der Waals surface area contributed by atoms with Crippen LogP contribution in [-0.2, 0) is 0 Å². The van der Waals surface area contributed by atoms with Crippen molar-refractivity contribution in [3.63, 3.8) is 0 Å². The zero-order valence-corrected chi connectivity index (χ0v) is 11.8. The highest BCUT2D eigenvalue weighted by atomic mass is 16.5. The monoisotopic (exact) mass is 268 g/mol. The molecule has 104 valence electrons. The molecule has 2 aromatic carbocycles. The van der Waals surface area contributed by atoms with Gasteiger partial charge < -0.3 is 9.84 Å². The number of phenolic OH excluding ortho intramolecular Hbond substituents is 1. The average Bonchev–Trinajstić information content (AvgIpc) is 2.50. The Morgan fingerprint density at radius 2 is 1.35 bits per heavy atom. The molecule has 0 aliphatic rings. The van der Waals surface area contributed by atoms with E-state index in [1.54, 1.807) is 18.2 Å². The van der Waals surface area contributed by atoms with Gasteiger partial charge in [0.2, 0.25) is 0 Å². The molecule has 0 fully saturated rings. The van der Waals surface area contributed by atoms with Gasteiger partial charge in [-0.25, -0.2) is 0 Å². The number of phenols is 1. The molecule has 0 aromatic heterocycles. The SMILES string of the molecule is C=Cc1ccc(O)cc1.C=Cc1ccc(OCC)cc1. The van der Waals surface area contributed by atoms with Crippen LogP contribution in [0.25, 0.3) is 12.2 Å².